The minimum atomic E-state index is -0.345. The lowest BCUT2D eigenvalue weighted by molar-refractivity contribution is 0.0997. The highest BCUT2D eigenvalue weighted by Crippen LogP contribution is 2.32. The molecule has 0 spiro atoms. The van der Waals surface area contributed by atoms with E-state index in [4.69, 9.17) is 32.7 Å². The average Bonchev–Trinajstić information content (AvgIpc) is 3.12. The lowest BCUT2D eigenvalue weighted by atomic mass is 10.1. The number of hydrogen-bond donors (Lipinski definition) is 0. The van der Waals surface area contributed by atoms with Gasteiger partial charge in [0.15, 0.2) is 16.3 Å². The molecule has 8 heteroatoms. The fourth-order valence-corrected chi connectivity index (χ4v) is 4.60. The van der Waals surface area contributed by atoms with E-state index in [1.165, 1.54) is 18.4 Å². The zero-order valence-corrected chi connectivity index (χ0v) is 19.5. The maximum atomic E-state index is 12.9. The van der Waals surface area contributed by atoms with Crippen molar-refractivity contribution in [2.24, 2.45) is 4.99 Å². The van der Waals surface area contributed by atoms with Crippen LogP contribution in [0.15, 0.2) is 41.4 Å². The Morgan fingerprint density at radius 1 is 1.03 bits per heavy atom. The first-order valence-electron chi connectivity index (χ1n) is 9.42. The van der Waals surface area contributed by atoms with Crippen LogP contribution in [0, 0.1) is 0 Å². The van der Waals surface area contributed by atoms with Gasteiger partial charge in [-0.2, -0.15) is 4.99 Å². The summed E-state index contributed by atoms with van der Waals surface area (Å²) < 4.78 is 12.6. The summed E-state index contributed by atoms with van der Waals surface area (Å²) in [7, 11) is 3.08. The molecule has 1 aromatic heterocycles. The van der Waals surface area contributed by atoms with Gasteiger partial charge >= 0.3 is 0 Å². The third-order valence-corrected chi connectivity index (χ3v) is 6.60. The third-order valence-electron chi connectivity index (χ3n) is 4.64. The highest BCUT2D eigenvalue weighted by atomic mass is 35.5. The summed E-state index contributed by atoms with van der Waals surface area (Å²) in [5.74, 6) is 0.700. The Labute approximate surface area is 189 Å². The zero-order valence-electron chi connectivity index (χ0n) is 17.2. The molecule has 1 amide bonds. The molecule has 0 bridgehead atoms. The first-order valence-corrected chi connectivity index (χ1v) is 11.0. The molecule has 3 rings (SSSR count). The molecule has 30 heavy (non-hydrogen) atoms. The van der Waals surface area contributed by atoms with Crippen LogP contribution in [-0.2, 0) is 13.0 Å². The van der Waals surface area contributed by atoms with Gasteiger partial charge in [0.05, 0.1) is 30.0 Å². The molecule has 0 N–H and O–H groups in total. The number of methoxy groups -OCH3 is 2. The van der Waals surface area contributed by atoms with Crippen molar-refractivity contribution in [3.8, 4) is 22.8 Å². The van der Waals surface area contributed by atoms with E-state index < -0.39 is 0 Å². The molecular formula is C22H22Cl2N2O3S. The largest absolute Gasteiger partial charge is 0.493 e. The van der Waals surface area contributed by atoms with Crippen LogP contribution < -0.4 is 14.3 Å². The predicted molar refractivity (Wildman–Crippen MR) is 122 cm³/mol. The van der Waals surface area contributed by atoms with Crippen LogP contribution in [0.1, 0.15) is 29.1 Å². The monoisotopic (exact) mass is 464 g/mol. The van der Waals surface area contributed by atoms with Gasteiger partial charge in [0.1, 0.15) is 0 Å². The summed E-state index contributed by atoms with van der Waals surface area (Å²) in [5, 5.41) is 0.996. The fourth-order valence-electron chi connectivity index (χ4n) is 3.16. The van der Waals surface area contributed by atoms with Gasteiger partial charge in [-0.15, -0.1) is 11.3 Å². The number of nitrogens with zero attached hydrogens (tertiary/aromatic N) is 2. The molecule has 0 saturated carbocycles. The number of aryl methyl sites for hydroxylation is 1. The van der Waals surface area contributed by atoms with Crippen LogP contribution in [0.4, 0.5) is 0 Å². The summed E-state index contributed by atoms with van der Waals surface area (Å²) >= 11 is 13.8. The van der Waals surface area contributed by atoms with Crippen molar-refractivity contribution in [2.75, 3.05) is 14.2 Å². The molecule has 2 aromatic carbocycles. The maximum Gasteiger partial charge on any atom is 0.279 e. The summed E-state index contributed by atoms with van der Waals surface area (Å²) in [5.41, 5.74) is 2.37. The van der Waals surface area contributed by atoms with E-state index in [1.54, 1.807) is 31.4 Å². The Morgan fingerprint density at radius 2 is 1.77 bits per heavy atom. The second kappa shape index (κ2) is 9.69. The molecule has 0 aliphatic carbocycles. The number of hydrogen-bond acceptors (Lipinski definition) is 4. The Balaban J connectivity index is 2.12. The van der Waals surface area contributed by atoms with E-state index in [0.29, 0.717) is 38.5 Å². The number of benzene rings is 2. The first-order chi connectivity index (χ1) is 14.4. The maximum absolute atomic E-state index is 12.9. The van der Waals surface area contributed by atoms with Gasteiger partial charge in [-0.1, -0.05) is 36.2 Å². The van der Waals surface area contributed by atoms with Crippen LogP contribution in [0.2, 0.25) is 10.0 Å². The molecule has 0 aliphatic rings. The van der Waals surface area contributed by atoms with Crippen LogP contribution in [0.25, 0.3) is 11.3 Å². The van der Waals surface area contributed by atoms with Crippen molar-refractivity contribution in [3.63, 3.8) is 0 Å². The molecule has 3 aromatic rings. The molecule has 5 nitrogen and oxygen atoms in total. The fraction of sp³-hybridized carbons (Fsp3) is 0.273. The number of carbonyl (C=O) groups is 1. The number of thiazole rings is 1. The SMILES string of the molecule is CCc1sc(=NC(=O)c2ccc(OC)c(OC)c2)n(CC)c1-c1ccc(Cl)c(Cl)c1. The molecule has 0 saturated heterocycles. The lowest BCUT2D eigenvalue weighted by Gasteiger charge is -2.10. The van der Waals surface area contributed by atoms with Gasteiger partial charge < -0.3 is 14.0 Å². The molecule has 0 atom stereocenters. The lowest BCUT2D eigenvalue weighted by Crippen LogP contribution is -2.17. The number of rotatable bonds is 6. The van der Waals surface area contributed by atoms with Crippen molar-refractivity contribution in [1.82, 2.24) is 4.57 Å². The molecule has 0 unspecified atom stereocenters. The molecule has 0 fully saturated rings. The highest BCUT2D eigenvalue weighted by molar-refractivity contribution is 7.09. The van der Waals surface area contributed by atoms with Gasteiger partial charge in [0, 0.05) is 22.5 Å². The average molecular weight is 465 g/mol. The Bertz CT molecular complexity index is 1150. The van der Waals surface area contributed by atoms with Gasteiger partial charge in [-0.05, 0) is 43.7 Å². The van der Waals surface area contributed by atoms with Crippen LogP contribution in [-0.4, -0.2) is 24.7 Å². The van der Waals surface area contributed by atoms with E-state index in [9.17, 15) is 4.79 Å². The molecule has 0 aliphatic heterocycles. The second-order valence-corrected chi connectivity index (χ2v) is 8.25. The Hall–Kier alpha value is -2.28. The van der Waals surface area contributed by atoms with Crippen molar-refractivity contribution in [3.05, 3.63) is 61.7 Å². The minimum Gasteiger partial charge on any atom is -0.493 e. The number of ether oxygens (including phenoxy) is 2. The van der Waals surface area contributed by atoms with Gasteiger partial charge in [-0.25, -0.2) is 0 Å². The van der Waals surface area contributed by atoms with E-state index in [2.05, 4.69) is 11.9 Å². The minimum absolute atomic E-state index is 0.345. The Kier molecular flexibility index (Phi) is 7.23. The second-order valence-electron chi connectivity index (χ2n) is 6.37. The van der Waals surface area contributed by atoms with Crippen LogP contribution in [0.3, 0.4) is 0 Å². The van der Waals surface area contributed by atoms with Gasteiger partial charge in [0.2, 0.25) is 0 Å². The number of carbonyl (C=O) groups excluding carboxylic acids is 1. The smallest absolute Gasteiger partial charge is 0.279 e. The quantitative estimate of drug-likeness (QED) is 0.458. The summed E-state index contributed by atoms with van der Waals surface area (Å²) in [6.45, 7) is 4.75. The highest BCUT2D eigenvalue weighted by Gasteiger charge is 2.16. The van der Waals surface area contributed by atoms with Gasteiger partial charge in [0.25, 0.3) is 5.91 Å². The predicted octanol–water partition coefficient (Wildman–Crippen LogP) is 5.86. The number of amides is 1. The zero-order chi connectivity index (χ0) is 21.8. The Morgan fingerprint density at radius 3 is 2.37 bits per heavy atom. The number of halogens is 2. The van der Waals surface area contributed by atoms with Crippen molar-refractivity contribution >= 4 is 40.4 Å². The number of aromatic nitrogens is 1. The molecule has 1 heterocycles. The van der Waals surface area contributed by atoms with Crippen LogP contribution in [0.5, 0.6) is 11.5 Å². The topological polar surface area (TPSA) is 52.8 Å². The van der Waals surface area contributed by atoms with Crippen molar-refractivity contribution in [2.45, 2.75) is 26.8 Å². The van der Waals surface area contributed by atoms with E-state index >= 15 is 0 Å². The van der Waals surface area contributed by atoms with Gasteiger partial charge in [-0.3, -0.25) is 4.79 Å². The van der Waals surface area contributed by atoms with E-state index in [0.717, 1.165) is 22.6 Å². The molecular weight excluding hydrogens is 443 g/mol. The molecule has 0 radical (unpaired) electrons. The third kappa shape index (κ3) is 4.41. The van der Waals surface area contributed by atoms with Crippen molar-refractivity contribution < 1.29 is 14.3 Å². The summed E-state index contributed by atoms with van der Waals surface area (Å²) in [6, 6.07) is 10.6. The summed E-state index contributed by atoms with van der Waals surface area (Å²) in [6.07, 6.45) is 0.806. The molecule has 158 valence electrons. The summed E-state index contributed by atoms with van der Waals surface area (Å²) in [4.78, 5) is 19.1. The normalized spacial score (nSPS) is 11.6. The first kappa shape index (κ1) is 22.4. The van der Waals surface area contributed by atoms with E-state index in [-0.39, 0.29) is 5.91 Å². The van der Waals surface area contributed by atoms with Crippen molar-refractivity contribution in [1.29, 1.82) is 0 Å². The van der Waals surface area contributed by atoms with Crippen LogP contribution >= 0.6 is 34.5 Å². The standard InChI is InChI=1S/C22H22Cl2N2O3S/c1-5-19-20(13-7-9-15(23)16(24)11-13)26(6-2)22(30-19)25-21(27)14-8-10-17(28-3)18(12-14)29-4/h7-12H,5-6H2,1-4H3. The van der Waals surface area contributed by atoms with E-state index in [1.807, 2.05) is 23.6 Å².